The van der Waals surface area contributed by atoms with E-state index in [1.807, 2.05) is 24.3 Å². The van der Waals surface area contributed by atoms with Crippen LogP contribution in [0, 0.1) is 0 Å². The fourth-order valence-corrected chi connectivity index (χ4v) is 3.08. The summed E-state index contributed by atoms with van der Waals surface area (Å²) in [5.74, 6) is 0.856. The van der Waals surface area contributed by atoms with Gasteiger partial charge in [0.25, 0.3) is 5.91 Å². The van der Waals surface area contributed by atoms with E-state index in [9.17, 15) is 4.79 Å². The van der Waals surface area contributed by atoms with Crippen molar-refractivity contribution in [3.8, 4) is 11.5 Å². The molecule has 0 aromatic heterocycles. The first-order valence-electron chi connectivity index (χ1n) is 7.33. The van der Waals surface area contributed by atoms with Crippen LogP contribution in [-0.4, -0.2) is 19.1 Å². The first-order valence-corrected chi connectivity index (χ1v) is 8.46. The van der Waals surface area contributed by atoms with Gasteiger partial charge < -0.3 is 14.8 Å². The summed E-state index contributed by atoms with van der Waals surface area (Å²) in [6.45, 7) is 0.388. The SMILES string of the molecule is O=C(COc1cc(Cl)c(Cl)cc1Cl)N[C@@H]1CCOc2ccccc21. The Morgan fingerprint density at radius 3 is 2.75 bits per heavy atom. The van der Waals surface area contributed by atoms with Crippen LogP contribution in [0.15, 0.2) is 36.4 Å². The number of benzene rings is 2. The van der Waals surface area contributed by atoms with Gasteiger partial charge in [-0.2, -0.15) is 0 Å². The molecule has 1 amide bonds. The predicted octanol–water partition coefficient (Wildman–Crippen LogP) is 4.67. The predicted molar refractivity (Wildman–Crippen MR) is 94.4 cm³/mol. The van der Waals surface area contributed by atoms with Crippen LogP contribution in [0.25, 0.3) is 0 Å². The van der Waals surface area contributed by atoms with Crippen molar-refractivity contribution in [1.29, 1.82) is 0 Å². The molecule has 3 rings (SSSR count). The molecular formula is C17H14Cl3NO3. The molecule has 1 N–H and O–H groups in total. The molecule has 1 aliphatic heterocycles. The van der Waals surface area contributed by atoms with E-state index in [2.05, 4.69) is 5.32 Å². The fraction of sp³-hybridized carbons (Fsp3) is 0.235. The molecule has 0 saturated carbocycles. The lowest BCUT2D eigenvalue weighted by Crippen LogP contribution is -2.35. The number of fused-ring (bicyclic) bond motifs is 1. The number of hydrogen-bond donors (Lipinski definition) is 1. The number of carbonyl (C=O) groups excluding carboxylic acids is 1. The molecule has 1 aliphatic rings. The number of halogens is 3. The Bertz CT molecular complexity index is 767. The summed E-state index contributed by atoms with van der Waals surface area (Å²) < 4.78 is 11.0. The lowest BCUT2D eigenvalue weighted by Gasteiger charge is -2.26. The van der Waals surface area contributed by atoms with Crippen molar-refractivity contribution in [2.45, 2.75) is 12.5 Å². The lowest BCUT2D eigenvalue weighted by molar-refractivity contribution is -0.124. The number of amides is 1. The Labute approximate surface area is 154 Å². The highest BCUT2D eigenvalue weighted by Crippen LogP contribution is 2.34. The third-order valence-corrected chi connectivity index (χ3v) is 4.64. The van der Waals surface area contributed by atoms with Crippen LogP contribution in [0.5, 0.6) is 11.5 Å². The van der Waals surface area contributed by atoms with E-state index >= 15 is 0 Å². The molecule has 1 heterocycles. The second-order valence-corrected chi connectivity index (χ2v) is 6.50. The van der Waals surface area contributed by atoms with Crippen molar-refractivity contribution >= 4 is 40.7 Å². The molecule has 4 nitrogen and oxygen atoms in total. The molecule has 0 spiro atoms. The summed E-state index contributed by atoms with van der Waals surface area (Å²) in [6.07, 6.45) is 0.705. The van der Waals surface area contributed by atoms with E-state index in [0.29, 0.717) is 33.8 Å². The molecule has 24 heavy (non-hydrogen) atoms. The highest BCUT2D eigenvalue weighted by atomic mass is 35.5. The van der Waals surface area contributed by atoms with E-state index < -0.39 is 0 Å². The first kappa shape index (κ1) is 17.2. The average Bonchev–Trinajstić information content (AvgIpc) is 2.57. The zero-order valence-electron chi connectivity index (χ0n) is 12.5. The van der Waals surface area contributed by atoms with Crippen molar-refractivity contribution in [2.24, 2.45) is 0 Å². The first-order chi connectivity index (χ1) is 11.5. The summed E-state index contributed by atoms with van der Waals surface area (Å²) in [6, 6.07) is 10.5. The van der Waals surface area contributed by atoms with E-state index in [0.717, 1.165) is 11.3 Å². The van der Waals surface area contributed by atoms with Gasteiger partial charge in [-0.3, -0.25) is 4.79 Å². The van der Waals surface area contributed by atoms with Crippen molar-refractivity contribution < 1.29 is 14.3 Å². The Balaban J connectivity index is 1.62. The third kappa shape index (κ3) is 3.89. The average molecular weight is 387 g/mol. The second kappa shape index (κ2) is 7.51. The second-order valence-electron chi connectivity index (χ2n) is 5.28. The topological polar surface area (TPSA) is 47.6 Å². The van der Waals surface area contributed by atoms with Gasteiger partial charge in [0.15, 0.2) is 6.61 Å². The van der Waals surface area contributed by atoms with Crippen LogP contribution in [0.4, 0.5) is 0 Å². The molecule has 0 fully saturated rings. The quantitative estimate of drug-likeness (QED) is 0.777. The van der Waals surface area contributed by atoms with Gasteiger partial charge >= 0.3 is 0 Å². The van der Waals surface area contributed by atoms with Crippen molar-refractivity contribution in [3.63, 3.8) is 0 Å². The number of para-hydroxylation sites is 1. The molecule has 7 heteroatoms. The molecule has 0 unspecified atom stereocenters. The van der Waals surface area contributed by atoms with E-state index in [4.69, 9.17) is 44.3 Å². The minimum atomic E-state index is -0.251. The maximum Gasteiger partial charge on any atom is 0.258 e. The maximum absolute atomic E-state index is 12.2. The summed E-state index contributed by atoms with van der Waals surface area (Å²) in [4.78, 5) is 12.2. The minimum absolute atomic E-state index is 0.102. The summed E-state index contributed by atoms with van der Waals surface area (Å²) >= 11 is 17.8. The van der Waals surface area contributed by atoms with Crippen LogP contribution in [-0.2, 0) is 4.79 Å². The normalized spacial score (nSPS) is 16.0. The Morgan fingerprint density at radius 1 is 1.17 bits per heavy atom. The Morgan fingerprint density at radius 2 is 1.92 bits per heavy atom. The van der Waals surface area contributed by atoms with Gasteiger partial charge in [0.05, 0.1) is 27.7 Å². The van der Waals surface area contributed by atoms with E-state index in [1.165, 1.54) is 12.1 Å². The molecule has 0 bridgehead atoms. The number of nitrogens with one attached hydrogen (secondary N) is 1. The van der Waals surface area contributed by atoms with Gasteiger partial charge in [-0.1, -0.05) is 53.0 Å². The fourth-order valence-electron chi connectivity index (χ4n) is 2.49. The molecule has 0 saturated heterocycles. The Kier molecular flexibility index (Phi) is 5.39. The van der Waals surface area contributed by atoms with Crippen LogP contribution in [0.3, 0.4) is 0 Å². The smallest absolute Gasteiger partial charge is 0.258 e. The van der Waals surface area contributed by atoms with Crippen LogP contribution in [0.2, 0.25) is 15.1 Å². The van der Waals surface area contributed by atoms with Crippen molar-refractivity contribution in [1.82, 2.24) is 5.32 Å². The zero-order chi connectivity index (χ0) is 17.1. The van der Waals surface area contributed by atoms with Gasteiger partial charge in [0, 0.05) is 18.1 Å². The molecule has 2 aromatic rings. The lowest BCUT2D eigenvalue weighted by atomic mass is 10.0. The number of carbonyl (C=O) groups is 1. The monoisotopic (exact) mass is 385 g/mol. The van der Waals surface area contributed by atoms with Crippen LogP contribution < -0.4 is 14.8 Å². The zero-order valence-corrected chi connectivity index (χ0v) is 14.8. The molecule has 0 aliphatic carbocycles. The third-order valence-electron chi connectivity index (χ3n) is 3.63. The number of rotatable bonds is 4. The summed E-state index contributed by atoms with van der Waals surface area (Å²) in [7, 11) is 0. The highest BCUT2D eigenvalue weighted by molar-refractivity contribution is 6.43. The van der Waals surface area contributed by atoms with Gasteiger partial charge in [0.1, 0.15) is 11.5 Å². The molecular weight excluding hydrogens is 373 g/mol. The number of hydrogen-bond acceptors (Lipinski definition) is 3. The minimum Gasteiger partial charge on any atom is -0.493 e. The van der Waals surface area contributed by atoms with Crippen LogP contribution >= 0.6 is 34.8 Å². The maximum atomic E-state index is 12.2. The van der Waals surface area contributed by atoms with E-state index in [1.54, 1.807) is 0 Å². The number of ether oxygens (including phenoxy) is 2. The molecule has 1 atom stereocenters. The molecule has 2 aromatic carbocycles. The van der Waals surface area contributed by atoms with Gasteiger partial charge in [0.2, 0.25) is 0 Å². The molecule has 0 radical (unpaired) electrons. The van der Waals surface area contributed by atoms with Gasteiger partial charge in [-0.25, -0.2) is 0 Å². The summed E-state index contributed by atoms with van der Waals surface area (Å²) in [5, 5.41) is 3.89. The van der Waals surface area contributed by atoms with Crippen LogP contribution in [0.1, 0.15) is 18.0 Å². The standard InChI is InChI=1S/C17H14Cl3NO3/c18-11-7-13(20)16(8-12(11)19)24-9-17(22)21-14-5-6-23-15-4-2-1-3-10(14)15/h1-4,7-8,14H,5-6,9H2,(H,21,22)/t14-/m1/s1. The largest absolute Gasteiger partial charge is 0.493 e. The molecule has 126 valence electrons. The van der Waals surface area contributed by atoms with E-state index in [-0.39, 0.29) is 18.6 Å². The van der Waals surface area contributed by atoms with Gasteiger partial charge in [-0.05, 0) is 12.1 Å². The summed E-state index contributed by atoms with van der Waals surface area (Å²) in [5.41, 5.74) is 0.963. The highest BCUT2D eigenvalue weighted by Gasteiger charge is 2.22. The van der Waals surface area contributed by atoms with Crippen molar-refractivity contribution in [3.05, 3.63) is 57.0 Å². The van der Waals surface area contributed by atoms with Gasteiger partial charge in [-0.15, -0.1) is 0 Å². The van der Waals surface area contributed by atoms with Crippen molar-refractivity contribution in [2.75, 3.05) is 13.2 Å². The Hall–Kier alpha value is -1.62.